The zero-order valence-corrected chi connectivity index (χ0v) is 19.3. The molecule has 1 N–H and O–H groups in total. The van der Waals surface area contributed by atoms with Crippen molar-refractivity contribution in [1.29, 1.82) is 0 Å². The molecular weight excluding hydrogens is 420 g/mol. The van der Waals surface area contributed by atoms with Gasteiger partial charge in [0.15, 0.2) is 0 Å². The van der Waals surface area contributed by atoms with Crippen LogP contribution in [0.2, 0.25) is 0 Å². The van der Waals surface area contributed by atoms with Crippen LogP contribution in [0, 0.1) is 0 Å². The number of hydrogen-bond donors (Lipinski definition) is 1. The first kappa shape index (κ1) is 20.9. The molecule has 6 heteroatoms. The van der Waals surface area contributed by atoms with Crippen LogP contribution < -0.4 is 14.8 Å². The zero-order valence-electron chi connectivity index (χ0n) is 18.5. The van der Waals surface area contributed by atoms with Gasteiger partial charge >= 0.3 is 6.03 Å². The number of fused-ring (bicyclic) bond motifs is 3. The molecule has 0 saturated carbocycles. The number of para-hydroxylation sites is 1. The second kappa shape index (κ2) is 8.87. The van der Waals surface area contributed by atoms with E-state index in [1.54, 1.807) is 19.8 Å². The first-order valence-corrected chi connectivity index (χ1v) is 12.0. The molecule has 5 nitrogen and oxygen atoms in total. The van der Waals surface area contributed by atoms with E-state index in [2.05, 4.69) is 11.4 Å². The maximum Gasteiger partial charge on any atom is 0.322 e. The topological polar surface area (TPSA) is 50.8 Å². The molecule has 3 aromatic rings. The fourth-order valence-corrected chi connectivity index (χ4v) is 6.54. The van der Waals surface area contributed by atoms with Crippen molar-refractivity contribution in [1.82, 2.24) is 4.90 Å². The van der Waals surface area contributed by atoms with E-state index in [9.17, 15) is 4.79 Å². The first-order valence-electron chi connectivity index (χ1n) is 11.2. The number of methoxy groups -OCH3 is 2. The molecule has 0 radical (unpaired) electrons. The summed E-state index contributed by atoms with van der Waals surface area (Å²) in [5.74, 6) is 1.53. The third kappa shape index (κ3) is 3.73. The van der Waals surface area contributed by atoms with Crippen molar-refractivity contribution in [2.75, 3.05) is 26.1 Å². The number of nitrogens with zero attached hydrogens (tertiary/aromatic N) is 1. The van der Waals surface area contributed by atoms with Crippen LogP contribution in [0.25, 0.3) is 0 Å². The van der Waals surface area contributed by atoms with Gasteiger partial charge in [-0.3, -0.25) is 0 Å². The maximum absolute atomic E-state index is 13.5. The molecule has 1 aliphatic heterocycles. The van der Waals surface area contributed by atoms with Crippen LogP contribution >= 0.6 is 11.3 Å². The number of carbonyl (C=O) groups excluding carboxylic acids is 1. The lowest BCUT2D eigenvalue weighted by Crippen LogP contribution is -2.42. The summed E-state index contributed by atoms with van der Waals surface area (Å²) in [6, 6.07) is 15.3. The quantitative estimate of drug-likeness (QED) is 0.547. The highest BCUT2D eigenvalue weighted by atomic mass is 32.1. The molecule has 1 atom stereocenters. The molecule has 0 fully saturated rings. The standard InChI is InChI=1S/C26H28N2O3S/c1-30-18-9-7-8-17(16-18)27-26(29)28-15-14-20-19-10-4-6-13-23(19)32-25(20)24(28)21-11-3-5-12-22(21)31-2/h3,5,7-9,11-12,16,24H,4,6,10,13-15H2,1-2H3,(H,27,29)/t24-/m0/s1. The first-order chi connectivity index (χ1) is 15.7. The second-order valence-electron chi connectivity index (χ2n) is 8.30. The summed E-state index contributed by atoms with van der Waals surface area (Å²) < 4.78 is 11.0. The molecule has 0 bridgehead atoms. The number of rotatable bonds is 4. The smallest absolute Gasteiger partial charge is 0.322 e. The van der Waals surface area contributed by atoms with Crippen molar-refractivity contribution in [3.8, 4) is 11.5 Å². The van der Waals surface area contributed by atoms with Gasteiger partial charge in [-0.15, -0.1) is 11.3 Å². The van der Waals surface area contributed by atoms with E-state index >= 15 is 0 Å². The van der Waals surface area contributed by atoms with Crippen molar-refractivity contribution in [3.05, 3.63) is 75.0 Å². The molecule has 2 aliphatic rings. The number of carbonyl (C=O) groups is 1. The Hall–Kier alpha value is -2.99. The largest absolute Gasteiger partial charge is 0.497 e. The molecule has 0 spiro atoms. The highest BCUT2D eigenvalue weighted by molar-refractivity contribution is 7.12. The Morgan fingerprint density at radius 1 is 1.00 bits per heavy atom. The minimum absolute atomic E-state index is 0.105. The van der Waals surface area contributed by atoms with E-state index < -0.39 is 0 Å². The Bertz CT molecular complexity index is 1140. The van der Waals surface area contributed by atoms with Gasteiger partial charge in [-0.1, -0.05) is 24.3 Å². The molecule has 5 rings (SSSR count). The van der Waals surface area contributed by atoms with Crippen LogP contribution in [0.4, 0.5) is 10.5 Å². The van der Waals surface area contributed by atoms with Crippen LogP contribution in [0.1, 0.15) is 45.3 Å². The van der Waals surface area contributed by atoms with Crippen molar-refractivity contribution in [3.63, 3.8) is 0 Å². The monoisotopic (exact) mass is 448 g/mol. The maximum atomic E-state index is 13.5. The van der Waals surface area contributed by atoms with E-state index in [-0.39, 0.29) is 12.1 Å². The number of nitrogens with one attached hydrogen (secondary N) is 1. The number of amides is 2. The number of hydrogen-bond acceptors (Lipinski definition) is 4. The lowest BCUT2D eigenvalue weighted by atomic mass is 9.88. The summed E-state index contributed by atoms with van der Waals surface area (Å²) in [7, 11) is 3.33. The van der Waals surface area contributed by atoms with Gasteiger partial charge in [-0.05, 0) is 61.4 Å². The normalized spacial score (nSPS) is 17.3. The SMILES string of the molecule is COc1cccc(NC(=O)N2CCc3c(sc4c3CCCC4)[C@@H]2c2ccccc2OC)c1. The number of ether oxygens (including phenoxy) is 2. The summed E-state index contributed by atoms with van der Waals surface area (Å²) in [5, 5.41) is 3.09. The van der Waals surface area contributed by atoms with Crippen molar-refractivity contribution < 1.29 is 14.3 Å². The molecular formula is C26H28N2O3S. The number of aryl methyl sites for hydroxylation is 1. The fraction of sp³-hybridized carbons (Fsp3) is 0.346. The zero-order chi connectivity index (χ0) is 22.1. The highest BCUT2D eigenvalue weighted by Crippen LogP contribution is 2.46. The Balaban J connectivity index is 1.55. The highest BCUT2D eigenvalue weighted by Gasteiger charge is 2.37. The van der Waals surface area contributed by atoms with Crippen LogP contribution in [-0.2, 0) is 19.3 Å². The van der Waals surface area contributed by atoms with Crippen LogP contribution in [0.15, 0.2) is 48.5 Å². The molecule has 2 aromatic carbocycles. The lowest BCUT2D eigenvalue weighted by molar-refractivity contribution is 0.194. The molecule has 1 aliphatic carbocycles. The predicted molar refractivity (Wildman–Crippen MR) is 128 cm³/mol. The van der Waals surface area contributed by atoms with E-state index in [0.717, 1.165) is 42.0 Å². The minimum atomic E-state index is -0.156. The molecule has 32 heavy (non-hydrogen) atoms. The van der Waals surface area contributed by atoms with Gasteiger partial charge in [0.05, 0.1) is 20.3 Å². The number of anilines is 1. The summed E-state index contributed by atoms with van der Waals surface area (Å²) in [5.41, 5.74) is 4.77. The third-order valence-electron chi connectivity index (χ3n) is 6.49. The average Bonchev–Trinajstić information content (AvgIpc) is 3.22. The molecule has 1 aromatic heterocycles. The van der Waals surface area contributed by atoms with Gasteiger partial charge in [0.1, 0.15) is 11.5 Å². The van der Waals surface area contributed by atoms with Crippen molar-refractivity contribution >= 4 is 23.1 Å². The van der Waals surface area contributed by atoms with E-state index in [4.69, 9.17) is 9.47 Å². The van der Waals surface area contributed by atoms with Gasteiger partial charge < -0.3 is 19.7 Å². The number of thiophene rings is 1. The molecule has 2 amide bonds. The predicted octanol–water partition coefficient (Wildman–Crippen LogP) is 5.82. The van der Waals surface area contributed by atoms with Gasteiger partial charge in [-0.2, -0.15) is 0 Å². The van der Waals surface area contributed by atoms with Crippen LogP contribution in [0.3, 0.4) is 0 Å². The van der Waals surface area contributed by atoms with Gasteiger partial charge in [-0.25, -0.2) is 4.79 Å². The van der Waals surface area contributed by atoms with Crippen molar-refractivity contribution in [2.24, 2.45) is 0 Å². The minimum Gasteiger partial charge on any atom is -0.497 e. The van der Waals surface area contributed by atoms with Gasteiger partial charge in [0.25, 0.3) is 0 Å². The van der Waals surface area contributed by atoms with Gasteiger partial charge in [0, 0.05) is 33.6 Å². The fourth-order valence-electron chi connectivity index (χ4n) is 4.97. The summed E-state index contributed by atoms with van der Waals surface area (Å²) in [4.78, 5) is 18.3. The van der Waals surface area contributed by atoms with Crippen molar-refractivity contribution in [2.45, 2.75) is 38.1 Å². The number of urea groups is 1. The molecule has 0 unspecified atom stereocenters. The second-order valence-corrected chi connectivity index (χ2v) is 9.44. The Morgan fingerprint density at radius 3 is 2.69 bits per heavy atom. The summed E-state index contributed by atoms with van der Waals surface area (Å²) in [6.07, 6.45) is 5.73. The summed E-state index contributed by atoms with van der Waals surface area (Å²) >= 11 is 1.90. The van der Waals surface area contributed by atoms with Crippen LogP contribution in [0.5, 0.6) is 11.5 Å². The third-order valence-corrected chi connectivity index (χ3v) is 7.88. The number of benzene rings is 2. The molecule has 166 valence electrons. The molecule has 0 saturated heterocycles. The van der Waals surface area contributed by atoms with E-state index in [1.165, 1.54) is 28.2 Å². The van der Waals surface area contributed by atoms with E-state index in [0.29, 0.717) is 6.54 Å². The Morgan fingerprint density at radius 2 is 1.84 bits per heavy atom. The summed E-state index contributed by atoms with van der Waals surface area (Å²) in [6.45, 7) is 0.675. The van der Waals surface area contributed by atoms with Crippen LogP contribution in [-0.4, -0.2) is 31.7 Å². The lowest BCUT2D eigenvalue weighted by Gasteiger charge is -2.37. The Kier molecular flexibility index (Phi) is 5.79. The molecule has 2 heterocycles. The van der Waals surface area contributed by atoms with E-state index in [1.807, 2.05) is 58.7 Å². The average molecular weight is 449 g/mol. The Labute approximate surface area is 193 Å². The van der Waals surface area contributed by atoms with Gasteiger partial charge in [0.2, 0.25) is 0 Å².